The molecule has 0 spiro atoms. The molecule has 4 nitrogen and oxygen atoms in total. The zero-order valence-corrected chi connectivity index (χ0v) is 13.3. The maximum atomic E-state index is 12.8. The van der Waals surface area contributed by atoms with Gasteiger partial charge in [0.1, 0.15) is 0 Å². The monoisotopic (exact) mass is 297 g/mol. The van der Waals surface area contributed by atoms with Crippen LogP contribution in [0.4, 0.5) is 0 Å². The maximum Gasteiger partial charge on any atom is 0.257 e. The van der Waals surface area contributed by atoms with Gasteiger partial charge >= 0.3 is 0 Å². The Morgan fingerprint density at radius 2 is 2.14 bits per heavy atom. The summed E-state index contributed by atoms with van der Waals surface area (Å²) in [4.78, 5) is 14.9. The highest BCUT2D eigenvalue weighted by Crippen LogP contribution is 2.25. The Labute approximate surface area is 131 Å². The molecular formula is C18H23N3O. The van der Waals surface area contributed by atoms with Crippen LogP contribution in [-0.2, 0) is 19.9 Å². The first-order valence-corrected chi connectivity index (χ1v) is 8.05. The number of amides is 1. The van der Waals surface area contributed by atoms with Gasteiger partial charge in [-0.1, -0.05) is 31.2 Å². The molecule has 1 atom stereocenters. The Morgan fingerprint density at radius 1 is 1.36 bits per heavy atom. The molecule has 1 aliphatic rings. The topological polar surface area (TPSA) is 38.1 Å². The van der Waals surface area contributed by atoms with Crippen molar-refractivity contribution in [1.29, 1.82) is 0 Å². The number of aryl methyl sites for hydroxylation is 2. The van der Waals surface area contributed by atoms with Crippen molar-refractivity contribution in [1.82, 2.24) is 14.7 Å². The van der Waals surface area contributed by atoms with Crippen molar-refractivity contribution in [3.8, 4) is 0 Å². The van der Waals surface area contributed by atoms with Crippen molar-refractivity contribution in [3.63, 3.8) is 0 Å². The smallest absolute Gasteiger partial charge is 0.257 e. The third kappa shape index (κ3) is 2.91. The number of nitrogens with zero attached hydrogens (tertiary/aromatic N) is 3. The van der Waals surface area contributed by atoms with E-state index in [9.17, 15) is 4.79 Å². The van der Waals surface area contributed by atoms with Crippen LogP contribution in [0.2, 0.25) is 0 Å². The summed E-state index contributed by atoms with van der Waals surface area (Å²) >= 11 is 0. The number of aromatic nitrogens is 2. The fourth-order valence-electron chi connectivity index (χ4n) is 3.33. The largest absolute Gasteiger partial charge is 0.335 e. The molecule has 2 aromatic rings. The average Bonchev–Trinajstić information content (AvgIpc) is 2.98. The lowest BCUT2D eigenvalue weighted by molar-refractivity contribution is 0.0661. The van der Waals surface area contributed by atoms with Gasteiger partial charge in [-0.3, -0.25) is 9.48 Å². The van der Waals surface area contributed by atoms with Gasteiger partial charge in [-0.05, 0) is 36.8 Å². The second-order valence-corrected chi connectivity index (χ2v) is 6.07. The van der Waals surface area contributed by atoms with Gasteiger partial charge in [0.05, 0.1) is 11.8 Å². The van der Waals surface area contributed by atoms with Gasteiger partial charge < -0.3 is 4.90 Å². The molecule has 0 saturated heterocycles. The average molecular weight is 297 g/mol. The van der Waals surface area contributed by atoms with Crippen molar-refractivity contribution in [2.75, 3.05) is 6.54 Å². The minimum atomic E-state index is 0.110. The van der Waals surface area contributed by atoms with E-state index in [2.05, 4.69) is 36.3 Å². The number of carbonyl (C=O) groups excluding carboxylic acids is 1. The lowest BCUT2D eigenvalue weighted by Crippen LogP contribution is -2.43. The molecule has 1 heterocycles. The predicted molar refractivity (Wildman–Crippen MR) is 86.8 cm³/mol. The highest BCUT2D eigenvalue weighted by atomic mass is 16.2. The van der Waals surface area contributed by atoms with E-state index in [1.165, 1.54) is 11.1 Å². The molecule has 1 amide bonds. The van der Waals surface area contributed by atoms with Crippen LogP contribution in [0, 0.1) is 0 Å². The molecule has 1 aliphatic carbocycles. The molecule has 1 aromatic heterocycles. The lowest BCUT2D eigenvalue weighted by atomic mass is 9.87. The summed E-state index contributed by atoms with van der Waals surface area (Å²) in [5.74, 6) is 0.110. The molecule has 0 saturated carbocycles. The Morgan fingerprint density at radius 3 is 2.82 bits per heavy atom. The highest BCUT2D eigenvalue weighted by Gasteiger charge is 2.28. The Bertz CT molecular complexity index is 662. The van der Waals surface area contributed by atoms with Crippen molar-refractivity contribution in [2.24, 2.45) is 7.05 Å². The van der Waals surface area contributed by atoms with Crippen molar-refractivity contribution in [3.05, 3.63) is 53.3 Å². The van der Waals surface area contributed by atoms with Crippen LogP contribution in [0.15, 0.2) is 36.7 Å². The lowest BCUT2D eigenvalue weighted by Gasteiger charge is -2.35. The van der Waals surface area contributed by atoms with Crippen molar-refractivity contribution >= 4 is 5.91 Å². The minimum absolute atomic E-state index is 0.110. The van der Waals surface area contributed by atoms with Crippen LogP contribution in [0.1, 0.15) is 41.3 Å². The quantitative estimate of drug-likeness (QED) is 0.870. The molecular weight excluding hydrogens is 274 g/mol. The van der Waals surface area contributed by atoms with E-state index in [0.717, 1.165) is 32.2 Å². The number of benzene rings is 1. The van der Waals surface area contributed by atoms with E-state index in [1.807, 2.05) is 18.1 Å². The van der Waals surface area contributed by atoms with Gasteiger partial charge in [0.15, 0.2) is 0 Å². The first kappa shape index (κ1) is 14.8. The molecule has 22 heavy (non-hydrogen) atoms. The number of fused-ring (bicyclic) bond motifs is 1. The maximum absolute atomic E-state index is 12.8. The van der Waals surface area contributed by atoms with Crippen LogP contribution < -0.4 is 0 Å². The van der Waals surface area contributed by atoms with Gasteiger partial charge in [0.2, 0.25) is 0 Å². The van der Waals surface area contributed by atoms with E-state index in [4.69, 9.17) is 0 Å². The summed E-state index contributed by atoms with van der Waals surface area (Å²) < 4.78 is 1.69. The standard InChI is InChI=1S/C18H23N3O/c1-3-10-21(18(22)16-12-19-20(2)13-16)17-9-8-14-6-4-5-7-15(14)11-17/h4-7,12-13,17H,3,8-11H2,1-2H3/t17-/m1/s1. The summed E-state index contributed by atoms with van der Waals surface area (Å²) in [5, 5.41) is 4.13. The van der Waals surface area contributed by atoms with Crippen LogP contribution in [-0.4, -0.2) is 33.2 Å². The number of carbonyl (C=O) groups is 1. The third-order valence-corrected chi connectivity index (χ3v) is 4.44. The van der Waals surface area contributed by atoms with Crippen molar-refractivity contribution in [2.45, 2.75) is 38.6 Å². The number of hydrogen-bond acceptors (Lipinski definition) is 2. The van der Waals surface area contributed by atoms with E-state index in [0.29, 0.717) is 11.6 Å². The number of rotatable bonds is 4. The molecule has 0 radical (unpaired) electrons. The van der Waals surface area contributed by atoms with Crippen LogP contribution >= 0.6 is 0 Å². The first-order chi connectivity index (χ1) is 10.7. The molecule has 3 rings (SSSR count). The summed E-state index contributed by atoms with van der Waals surface area (Å²) in [6.45, 7) is 2.93. The van der Waals surface area contributed by atoms with Crippen LogP contribution in [0.5, 0.6) is 0 Å². The zero-order valence-electron chi connectivity index (χ0n) is 13.3. The molecule has 0 aliphatic heterocycles. The van der Waals surface area contributed by atoms with Gasteiger partial charge in [-0.25, -0.2) is 0 Å². The molecule has 0 unspecified atom stereocenters. The Balaban J connectivity index is 1.81. The third-order valence-electron chi connectivity index (χ3n) is 4.44. The fourth-order valence-corrected chi connectivity index (χ4v) is 3.33. The molecule has 0 N–H and O–H groups in total. The first-order valence-electron chi connectivity index (χ1n) is 8.05. The summed E-state index contributed by atoms with van der Waals surface area (Å²) in [7, 11) is 1.85. The molecule has 0 fully saturated rings. The summed E-state index contributed by atoms with van der Waals surface area (Å²) in [6.07, 6.45) is 7.51. The zero-order chi connectivity index (χ0) is 15.5. The predicted octanol–water partition coefficient (Wildman–Crippen LogP) is 2.83. The van der Waals surface area contributed by atoms with Gasteiger partial charge in [-0.2, -0.15) is 5.10 Å². The van der Waals surface area contributed by atoms with E-state index in [1.54, 1.807) is 10.9 Å². The SMILES string of the molecule is CCCN(C(=O)c1cnn(C)c1)[C@@H]1CCc2ccccc2C1. The summed E-state index contributed by atoms with van der Waals surface area (Å²) in [6, 6.07) is 8.89. The second-order valence-electron chi connectivity index (χ2n) is 6.07. The molecule has 0 bridgehead atoms. The second kappa shape index (κ2) is 6.34. The summed E-state index contributed by atoms with van der Waals surface area (Å²) in [5.41, 5.74) is 3.51. The van der Waals surface area contributed by atoms with Crippen molar-refractivity contribution < 1.29 is 4.79 Å². The highest BCUT2D eigenvalue weighted by molar-refractivity contribution is 5.94. The van der Waals surface area contributed by atoms with Crippen LogP contribution in [0.25, 0.3) is 0 Å². The Hall–Kier alpha value is -2.10. The molecule has 116 valence electrons. The minimum Gasteiger partial charge on any atom is -0.335 e. The number of hydrogen-bond donors (Lipinski definition) is 0. The molecule has 4 heteroatoms. The van der Waals surface area contributed by atoms with E-state index >= 15 is 0 Å². The van der Waals surface area contributed by atoms with Crippen LogP contribution in [0.3, 0.4) is 0 Å². The fraction of sp³-hybridized carbons (Fsp3) is 0.444. The van der Waals surface area contributed by atoms with E-state index in [-0.39, 0.29) is 5.91 Å². The van der Waals surface area contributed by atoms with Gasteiger partial charge in [0, 0.05) is 25.8 Å². The van der Waals surface area contributed by atoms with E-state index < -0.39 is 0 Å². The molecule has 1 aromatic carbocycles. The normalized spacial score (nSPS) is 17.1. The van der Waals surface area contributed by atoms with Gasteiger partial charge in [0.25, 0.3) is 5.91 Å². The van der Waals surface area contributed by atoms with Gasteiger partial charge in [-0.15, -0.1) is 0 Å². The Kier molecular flexibility index (Phi) is 4.27.